The molecular formula is C15H16N2O5S. The van der Waals surface area contributed by atoms with Crippen LogP contribution in [0.3, 0.4) is 0 Å². The highest BCUT2D eigenvalue weighted by atomic mass is 32.2. The number of carbonyl (C=O) groups excluding carboxylic acids is 1. The summed E-state index contributed by atoms with van der Waals surface area (Å²) in [6, 6.07) is 9.13. The molecule has 0 saturated heterocycles. The highest BCUT2D eigenvalue weighted by Gasteiger charge is 2.25. The minimum atomic E-state index is -3.81. The van der Waals surface area contributed by atoms with Gasteiger partial charge in [0.05, 0.1) is 19.1 Å². The summed E-state index contributed by atoms with van der Waals surface area (Å²) in [5.74, 6) is -1.01. The van der Waals surface area contributed by atoms with Crippen LogP contribution < -0.4 is 4.72 Å². The van der Waals surface area contributed by atoms with Crippen LogP contribution in [0.25, 0.3) is 0 Å². The Bertz CT molecular complexity index is 786. The van der Waals surface area contributed by atoms with E-state index in [1.807, 2.05) is 29.0 Å². The van der Waals surface area contributed by atoms with Crippen molar-refractivity contribution in [1.82, 2.24) is 9.88 Å². The monoisotopic (exact) mass is 336 g/mol. The Labute approximate surface area is 133 Å². The molecule has 1 amide bonds. The van der Waals surface area contributed by atoms with Crippen LogP contribution in [-0.4, -0.2) is 26.1 Å². The van der Waals surface area contributed by atoms with E-state index in [2.05, 4.69) is 9.68 Å². The van der Waals surface area contributed by atoms with Crippen molar-refractivity contribution in [3.8, 4) is 0 Å². The van der Waals surface area contributed by atoms with Crippen LogP contribution in [0.2, 0.25) is 0 Å². The van der Waals surface area contributed by atoms with E-state index in [4.69, 9.17) is 4.74 Å². The maximum absolute atomic E-state index is 12.1. The predicted molar refractivity (Wildman–Crippen MR) is 80.7 cm³/mol. The van der Waals surface area contributed by atoms with Crippen LogP contribution in [0.4, 0.5) is 0 Å². The molecule has 23 heavy (non-hydrogen) atoms. The molecule has 1 aliphatic rings. The zero-order valence-corrected chi connectivity index (χ0v) is 13.1. The van der Waals surface area contributed by atoms with Crippen LogP contribution in [0.1, 0.15) is 29.3 Å². The Kier molecular flexibility index (Phi) is 4.44. The number of nitrogens with one attached hydrogen (secondary N) is 1. The van der Waals surface area contributed by atoms with Gasteiger partial charge in [-0.05, 0) is 17.5 Å². The van der Waals surface area contributed by atoms with E-state index < -0.39 is 27.8 Å². The summed E-state index contributed by atoms with van der Waals surface area (Å²) in [5, 5.41) is 3.52. The molecule has 7 nitrogen and oxygen atoms in total. The van der Waals surface area contributed by atoms with E-state index in [0.717, 1.165) is 17.5 Å². The lowest BCUT2D eigenvalue weighted by Crippen LogP contribution is -2.33. The van der Waals surface area contributed by atoms with Crippen LogP contribution in [0, 0.1) is 0 Å². The molecule has 0 spiro atoms. The summed E-state index contributed by atoms with van der Waals surface area (Å²) >= 11 is 0. The van der Waals surface area contributed by atoms with E-state index in [-0.39, 0.29) is 12.1 Å². The van der Waals surface area contributed by atoms with Crippen molar-refractivity contribution in [2.24, 2.45) is 0 Å². The summed E-state index contributed by atoms with van der Waals surface area (Å²) in [4.78, 5) is 12.1. The number of nitrogens with zero attached hydrogens (tertiary/aromatic N) is 1. The van der Waals surface area contributed by atoms with Gasteiger partial charge in [-0.3, -0.25) is 9.52 Å². The molecule has 0 aliphatic carbocycles. The van der Waals surface area contributed by atoms with E-state index in [0.29, 0.717) is 6.61 Å². The number of ether oxygens (including phenoxy) is 1. The van der Waals surface area contributed by atoms with Gasteiger partial charge in [-0.15, -0.1) is 0 Å². The van der Waals surface area contributed by atoms with Crippen molar-refractivity contribution in [2.45, 2.75) is 24.7 Å². The number of hydrogen-bond acceptors (Lipinski definition) is 6. The van der Waals surface area contributed by atoms with Crippen molar-refractivity contribution in [1.29, 1.82) is 0 Å². The lowest BCUT2D eigenvalue weighted by molar-refractivity contribution is -0.122. The smallest absolute Gasteiger partial charge is 0.240 e. The molecule has 1 aromatic heterocycles. The van der Waals surface area contributed by atoms with E-state index in [1.54, 1.807) is 0 Å². The maximum atomic E-state index is 12.1. The molecule has 2 aromatic rings. The Morgan fingerprint density at radius 2 is 2.13 bits per heavy atom. The van der Waals surface area contributed by atoms with Gasteiger partial charge in [0.15, 0.2) is 0 Å². The highest BCUT2D eigenvalue weighted by Crippen LogP contribution is 2.29. The number of hydrogen-bond donors (Lipinski definition) is 1. The Morgan fingerprint density at radius 1 is 1.30 bits per heavy atom. The van der Waals surface area contributed by atoms with Gasteiger partial charge in [0, 0.05) is 6.07 Å². The molecule has 8 heteroatoms. The van der Waals surface area contributed by atoms with Gasteiger partial charge in [-0.1, -0.05) is 29.4 Å². The summed E-state index contributed by atoms with van der Waals surface area (Å²) in [6.07, 6.45) is 1.59. The molecule has 1 N–H and O–H groups in total. The topological polar surface area (TPSA) is 98.5 Å². The molecule has 2 heterocycles. The number of amides is 1. The number of benzene rings is 1. The average molecular weight is 336 g/mol. The van der Waals surface area contributed by atoms with Gasteiger partial charge in [-0.2, -0.15) is 0 Å². The van der Waals surface area contributed by atoms with Gasteiger partial charge in [0.2, 0.25) is 15.9 Å². The highest BCUT2D eigenvalue weighted by molar-refractivity contribution is 7.89. The van der Waals surface area contributed by atoms with Crippen molar-refractivity contribution >= 4 is 15.9 Å². The SMILES string of the molecule is O=C(C[C@@H]1OCCc2ccccc21)NS(=O)(=O)Cc1ccon1. The van der Waals surface area contributed by atoms with Crippen LogP contribution >= 0.6 is 0 Å². The van der Waals surface area contributed by atoms with Crippen molar-refractivity contribution in [3.63, 3.8) is 0 Å². The van der Waals surface area contributed by atoms with Crippen molar-refractivity contribution in [2.75, 3.05) is 6.61 Å². The Balaban J connectivity index is 1.64. The average Bonchev–Trinajstić information content (AvgIpc) is 2.99. The molecule has 3 rings (SSSR count). The lowest BCUT2D eigenvalue weighted by Gasteiger charge is -2.25. The van der Waals surface area contributed by atoms with E-state index in [1.165, 1.54) is 12.3 Å². The summed E-state index contributed by atoms with van der Waals surface area (Å²) < 4.78 is 36.1. The fourth-order valence-corrected chi connectivity index (χ4v) is 3.61. The van der Waals surface area contributed by atoms with E-state index >= 15 is 0 Å². The molecule has 1 aromatic carbocycles. The Hall–Kier alpha value is -2.19. The van der Waals surface area contributed by atoms with Crippen LogP contribution in [0.5, 0.6) is 0 Å². The third-order valence-electron chi connectivity index (χ3n) is 3.56. The minimum absolute atomic E-state index is 0.0466. The van der Waals surface area contributed by atoms with Gasteiger partial charge < -0.3 is 9.26 Å². The van der Waals surface area contributed by atoms with E-state index in [9.17, 15) is 13.2 Å². The molecule has 0 fully saturated rings. The number of rotatable bonds is 5. The second-order valence-electron chi connectivity index (χ2n) is 5.29. The normalized spacial score (nSPS) is 17.5. The molecule has 0 bridgehead atoms. The number of sulfonamides is 1. The maximum Gasteiger partial charge on any atom is 0.240 e. The van der Waals surface area contributed by atoms with Crippen LogP contribution in [0.15, 0.2) is 41.1 Å². The first kappa shape index (κ1) is 15.7. The Morgan fingerprint density at radius 3 is 2.91 bits per heavy atom. The summed E-state index contributed by atoms with van der Waals surface area (Å²) in [7, 11) is -3.81. The number of aromatic nitrogens is 1. The predicted octanol–water partition coefficient (Wildman–Crippen LogP) is 1.32. The lowest BCUT2D eigenvalue weighted by atomic mass is 9.96. The summed E-state index contributed by atoms with van der Waals surface area (Å²) in [6.45, 7) is 0.515. The molecule has 0 saturated carbocycles. The zero-order chi connectivity index (χ0) is 16.3. The standard InChI is InChI=1S/C15H16N2O5S/c18-15(17-23(19,20)10-12-6-8-22-16-12)9-14-13-4-2-1-3-11(13)5-7-21-14/h1-4,6,8,14H,5,7,9-10H2,(H,17,18)/t14-/m0/s1. The van der Waals surface area contributed by atoms with Crippen molar-refractivity contribution in [3.05, 3.63) is 53.4 Å². The molecule has 1 atom stereocenters. The first-order valence-electron chi connectivity index (χ1n) is 7.15. The fourth-order valence-electron chi connectivity index (χ4n) is 2.57. The van der Waals surface area contributed by atoms with Gasteiger partial charge in [-0.25, -0.2) is 8.42 Å². The third-order valence-corrected chi connectivity index (χ3v) is 4.78. The van der Waals surface area contributed by atoms with Gasteiger partial charge in [0.1, 0.15) is 17.7 Å². The molecule has 122 valence electrons. The minimum Gasteiger partial charge on any atom is -0.373 e. The largest absolute Gasteiger partial charge is 0.373 e. The summed E-state index contributed by atoms with van der Waals surface area (Å²) in [5.41, 5.74) is 2.30. The first-order valence-corrected chi connectivity index (χ1v) is 8.81. The number of carbonyl (C=O) groups is 1. The second-order valence-corrected chi connectivity index (χ2v) is 7.01. The molecular weight excluding hydrogens is 320 g/mol. The second kappa shape index (κ2) is 6.51. The fraction of sp³-hybridized carbons (Fsp3) is 0.333. The third kappa shape index (κ3) is 3.96. The van der Waals surface area contributed by atoms with Gasteiger partial charge in [0.25, 0.3) is 0 Å². The molecule has 0 radical (unpaired) electrons. The van der Waals surface area contributed by atoms with Crippen LogP contribution in [-0.2, 0) is 31.7 Å². The molecule has 1 aliphatic heterocycles. The molecule has 0 unspecified atom stereocenters. The van der Waals surface area contributed by atoms with Crippen molar-refractivity contribution < 1.29 is 22.5 Å². The first-order chi connectivity index (χ1) is 11.0. The number of fused-ring (bicyclic) bond motifs is 1. The quantitative estimate of drug-likeness (QED) is 0.884. The zero-order valence-electron chi connectivity index (χ0n) is 12.3. The van der Waals surface area contributed by atoms with Gasteiger partial charge >= 0.3 is 0 Å².